The van der Waals surface area contributed by atoms with E-state index in [1.54, 1.807) is 36.4 Å². The van der Waals surface area contributed by atoms with Gasteiger partial charge in [0.25, 0.3) is 0 Å². The fraction of sp³-hybridized carbons (Fsp3) is 0.0667. The number of hydrogen-bond acceptors (Lipinski definition) is 2. The first-order valence-electron chi connectivity index (χ1n) is 5.68. The zero-order valence-corrected chi connectivity index (χ0v) is 10.9. The van der Waals surface area contributed by atoms with E-state index in [0.717, 1.165) is 6.07 Å². The van der Waals surface area contributed by atoms with E-state index in [-0.39, 0.29) is 0 Å². The highest BCUT2D eigenvalue weighted by Gasteiger charge is 2.25. The van der Waals surface area contributed by atoms with Crippen molar-refractivity contribution in [3.63, 3.8) is 0 Å². The smallest absolute Gasteiger partial charge is 0.187 e. The quantitative estimate of drug-likeness (QED) is 0.631. The van der Waals surface area contributed by atoms with Gasteiger partial charge in [0, 0.05) is 0 Å². The van der Waals surface area contributed by atoms with Crippen molar-refractivity contribution in [2.45, 2.75) is 5.92 Å². The highest BCUT2D eigenvalue weighted by atomic mass is 35.5. The Balaban J connectivity index is 2.45. The molecule has 2 aromatic carbocycles. The third-order valence-electron chi connectivity index (χ3n) is 2.80. The van der Waals surface area contributed by atoms with E-state index in [1.807, 2.05) is 0 Å². The molecule has 0 bridgehead atoms. The van der Waals surface area contributed by atoms with Crippen LogP contribution in [-0.2, 0) is 0 Å². The summed E-state index contributed by atoms with van der Waals surface area (Å²) in [4.78, 5) is 12.2. The Morgan fingerprint density at radius 3 is 2.40 bits per heavy atom. The maximum atomic E-state index is 13.7. The predicted molar refractivity (Wildman–Crippen MR) is 70.5 cm³/mol. The molecule has 2 rings (SSSR count). The molecule has 0 radical (unpaired) electrons. The van der Waals surface area contributed by atoms with Gasteiger partial charge in [-0.05, 0) is 17.7 Å². The van der Waals surface area contributed by atoms with Crippen LogP contribution in [0.2, 0.25) is 5.02 Å². The zero-order chi connectivity index (χ0) is 14.7. The number of nitrogens with zero attached hydrogens (tertiary/aromatic N) is 1. The van der Waals surface area contributed by atoms with Crippen LogP contribution >= 0.6 is 11.6 Å². The molecule has 0 amide bonds. The van der Waals surface area contributed by atoms with Crippen molar-refractivity contribution in [3.05, 3.63) is 70.2 Å². The summed E-state index contributed by atoms with van der Waals surface area (Å²) in [6.45, 7) is 0. The first kappa shape index (κ1) is 14.2. The standard InChI is InChI=1S/C15H8ClF2NO/c16-12-7-13(17)10(6-14(12)18)15(20)11(8-19)9-4-2-1-3-5-9/h1-7,11H. The lowest BCUT2D eigenvalue weighted by atomic mass is 9.91. The van der Waals surface area contributed by atoms with Gasteiger partial charge in [-0.1, -0.05) is 41.9 Å². The molecule has 0 aliphatic heterocycles. The molecule has 0 aromatic heterocycles. The molecule has 0 N–H and O–H groups in total. The molecular formula is C15H8ClF2NO. The maximum absolute atomic E-state index is 13.7. The molecule has 0 spiro atoms. The van der Waals surface area contributed by atoms with Crippen LogP contribution in [0.15, 0.2) is 42.5 Å². The Bertz CT molecular complexity index is 695. The Kier molecular flexibility index (Phi) is 4.11. The van der Waals surface area contributed by atoms with Crippen LogP contribution in [0.3, 0.4) is 0 Å². The molecule has 0 saturated carbocycles. The lowest BCUT2D eigenvalue weighted by Crippen LogP contribution is -2.13. The van der Waals surface area contributed by atoms with Crippen molar-refractivity contribution < 1.29 is 13.6 Å². The average molecular weight is 292 g/mol. The first-order valence-corrected chi connectivity index (χ1v) is 6.05. The maximum Gasteiger partial charge on any atom is 0.187 e. The minimum absolute atomic E-state index is 0.410. The van der Waals surface area contributed by atoms with Crippen LogP contribution in [0, 0.1) is 23.0 Å². The van der Waals surface area contributed by atoms with Gasteiger partial charge in [-0.3, -0.25) is 4.79 Å². The van der Waals surface area contributed by atoms with Crippen LogP contribution < -0.4 is 0 Å². The lowest BCUT2D eigenvalue weighted by molar-refractivity contribution is 0.0974. The van der Waals surface area contributed by atoms with Gasteiger partial charge in [0.15, 0.2) is 5.78 Å². The minimum atomic E-state index is -1.19. The Hall–Kier alpha value is -2.25. The molecule has 0 saturated heterocycles. The fourth-order valence-electron chi connectivity index (χ4n) is 1.80. The highest BCUT2D eigenvalue weighted by Crippen LogP contribution is 2.25. The fourth-order valence-corrected chi connectivity index (χ4v) is 1.95. The molecule has 1 atom stereocenters. The van der Waals surface area contributed by atoms with Gasteiger partial charge in [-0.25, -0.2) is 8.78 Å². The largest absolute Gasteiger partial charge is 0.292 e. The molecule has 2 aromatic rings. The predicted octanol–water partition coefficient (Wildman–Crippen LogP) is 4.11. The second-order valence-corrected chi connectivity index (χ2v) is 4.49. The van der Waals surface area contributed by atoms with Crippen molar-refractivity contribution in [2.24, 2.45) is 0 Å². The highest BCUT2D eigenvalue weighted by molar-refractivity contribution is 6.30. The summed E-state index contributed by atoms with van der Waals surface area (Å²) in [5.41, 5.74) is -0.0583. The summed E-state index contributed by atoms with van der Waals surface area (Å²) in [7, 11) is 0. The number of carbonyl (C=O) groups is 1. The molecule has 0 heterocycles. The summed E-state index contributed by atoms with van der Waals surface area (Å²) >= 11 is 5.43. The second-order valence-electron chi connectivity index (χ2n) is 4.08. The van der Waals surface area contributed by atoms with Gasteiger partial charge in [-0.15, -0.1) is 0 Å². The number of carbonyl (C=O) groups excluding carboxylic acids is 1. The summed E-state index contributed by atoms with van der Waals surface area (Å²) in [5.74, 6) is -3.84. The number of rotatable bonds is 3. The van der Waals surface area contributed by atoms with E-state index in [4.69, 9.17) is 16.9 Å². The summed E-state index contributed by atoms with van der Waals surface area (Å²) < 4.78 is 27.1. The molecule has 20 heavy (non-hydrogen) atoms. The third-order valence-corrected chi connectivity index (χ3v) is 3.09. The van der Waals surface area contributed by atoms with E-state index in [9.17, 15) is 13.6 Å². The summed E-state index contributed by atoms with van der Waals surface area (Å²) in [6, 6.07) is 11.5. The van der Waals surface area contributed by atoms with Gasteiger partial charge < -0.3 is 0 Å². The van der Waals surface area contributed by atoms with Crippen molar-refractivity contribution in [3.8, 4) is 6.07 Å². The normalized spacial score (nSPS) is 11.7. The third kappa shape index (κ3) is 2.68. The monoisotopic (exact) mass is 291 g/mol. The number of Topliss-reactive ketones (excluding diaryl/α,β-unsaturated/α-hetero) is 1. The van der Waals surface area contributed by atoms with E-state index in [2.05, 4.69) is 0 Å². The number of hydrogen-bond donors (Lipinski definition) is 0. The zero-order valence-electron chi connectivity index (χ0n) is 10.1. The lowest BCUT2D eigenvalue weighted by Gasteiger charge is -2.09. The van der Waals surface area contributed by atoms with Crippen LogP contribution in [0.5, 0.6) is 0 Å². The number of ketones is 1. The number of benzene rings is 2. The Morgan fingerprint density at radius 1 is 1.15 bits per heavy atom. The van der Waals surface area contributed by atoms with E-state index in [1.165, 1.54) is 0 Å². The SMILES string of the molecule is N#CC(C(=O)c1cc(F)c(Cl)cc1F)c1ccccc1. The summed E-state index contributed by atoms with van der Waals surface area (Å²) in [6.07, 6.45) is 0. The average Bonchev–Trinajstić information content (AvgIpc) is 2.44. The van der Waals surface area contributed by atoms with Crippen LogP contribution in [0.1, 0.15) is 21.8 Å². The molecule has 100 valence electrons. The minimum Gasteiger partial charge on any atom is -0.292 e. The van der Waals surface area contributed by atoms with Crippen molar-refractivity contribution >= 4 is 17.4 Å². The molecule has 0 aliphatic carbocycles. The summed E-state index contributed by atoms with van der Waals surface area (Å²) in [5, 5.41) is 8.70. The van der Waals surface area contributed by atoms with Gasteiger partial charge in [-0.2, -0.15) is 5.26 Å². The molecule has 2 nitrogen and oxygen atoms in total. The van der Waals surface area contributed by atoms with Crippen molar-refractivity contribution in [2.75, 3.05) is 0 Å². The van der Waals surface area contributed by atoms with Crippen LogP contribution in [0.25, 0.3) is 0 Å². The first-order chi connectivity index (χ1) is 9.54. The van der Waals surface area contributed by atoms with Crippen LogP contribution in [0.4, 0.5) is 8.78 Å². The van der Waals surface area contributed by atoms with Crippen molar-refractivity contribution in [1.82, 2.24) is 0 Å². The number of nitriles is 1. The molecule has 0 aliphatic rings. The van der Waals surface area contributed by atoms with E-state index in [0.29, 0.717) is 11.6 Å². The number of halogens is 3. The molecule has 0 fully saturated rings. The molecular weight excluding hydrogens is 284 g/mol. The van der Waals surface area contributed by atoms with Gasteiger partial charge in [0.05, 0.1) is 16.7 Å². The Labute approximate surface area is 119 Å². The van der Waals surface area contributed by atoms with Crippen LogP contribution in [-0.4, -0.2) is 5.78 Å². The topological polar surface area (TPSA) is 40.9 Å². The van der Waals surface area contributed by atoms with Gasteiger partial charge in [0.1, 0.15) is 17.6 Å². The van der Waals surface area contributed by atoms with Gasteiger partial charge >= 0.3 is 0 Å². The molecule has 1 unspecified atom stereocenters. The second kappa shape index (κ2) is 5.81. The van der Waals surface area contributed by atoms with E-state index >= 15 is 0 Å². The van der Waals surface area contributed by atoms with Gasteiger partial charge in [0.2, 0.25) is 0 Å². The van der Waals surface area contributed by atoms with Crippen molar-refractivity contribution in [1.29, 1.82) is 5.26 Å². The van der Waals surface area contributed by atoms with E-state index < -0.39 is 33.9 Å². The Morgan fingerprint density at radius 2 is 1.80 bits per heavy atom. The molecule has 5 heteroatoms.